The van der Waals surface area contributed by atoms with Gasteiger partial charge in [0, 0.05) is 30.1 Å². The molecule has 0 bridgehead atoms. The topological polar surface area (TPSA) is 31.2 Å². The number of ether oxygens (including phenoxy) is 1. The molecule has 1 aromatic heterocycles. The van der Waals surface area contributed by atoms with E-state index in [0.717, 1.165) is 42.9 Å². The lowest BCUT2D eigenvalue weighted by Crippen LogP contribution is -2.12. The largest absolute Gasteiger partial charge is 0.378 e. The van der Waals surface area contributed by atoms with Crippen LogP contribution in [0.5, 0.6) is 0 Å². The van der Waals surface area contributed by atoms with Gasteiger partial charge in [-0.15, -0.1) is 11.6 Å². The lowest BCUT2D eigenvalue weighted by Gasteiger charge is -2.13. The van der Waals surface area contributed by atoms with Crippen molar-refractivity contribution in [3.05, 3.63) is 23.0 Å². The maximum absolute atomic E-state index is 11.7. The number of aromatic nitrogens is 1. The Morgan fingerprint density at radius 1 is 1.56 bits per heavy atom. The SMILES string of the molecule is Cc1cc(C(=O)CCl)c(C)n1CCC1CCCO1. The zero-order valence-corrected chi connectivity index (χ0v) is 11.8. The number of nitrogens with zero attached hydrogens (tertiary/aromatic N) is 1. The van der Waals surface area contributed by atoms with E-state index in [1.54, 1.807) is 0 Å². The van der Waals surface area contributed by atoms with Crippen molar-refractivity contribution in [1.82, 2.24) is 4.57 Å². The first-order valence-electron chi connectivity index (χ1n) is 6.51. The summed E-state index contributed by atoms with van der Waals surface area (Å²) in [6, 6.07) is 1.94. The Morgan fingerprint density at radius 3 is 2.94 bits per heavy atom. The second-order valence-corrected chi connectivity index (χ2v) is 5.18. The van der Waals surface area contributed by atoms with E-state index in [4.69, 9.17) is 16.3 Å². The van der Waals surface area contributed by atoms with E-state index >= 15 is 0 Å². The summed E-state index contributed by atoms with van der Waals surface area (Å²) >= 11 is 5.62. The number of alkyl halides is 1. The molecule has 100 valence electrons. The van der Waals surface area contributed by atoms with Gasteiger partial charge in [0.05, 0.1) is 12.0 Å². The van der Waals surface area contributed by atoms with E-state index in [-0.39, 0.29) is 11.7 Å². The predicted octanol–water partition coefficient (Wildman–Crippen LogP) is 3.10. The minimum absolute atomic E-state index is 0.00753. The highest BCUT2D eigenvalue weighted by Gasteiger charge is 2.18. The molecule has 2 rings (SSSR count). The van der Waals surface area contributed by atoms with Crippen molar-refractivity contribution in [2.75, 3.05) is 12.5 Å². The number of carbonyl (C=O) groups is 1. The highest BCUT2D eigenvalue weighted by molar-refractivity contribution is 6.30. The molecular weight excluding hydrogens is 250 g/mol. The molecule has 1 aromatic rings. The summed E-state index contributed by atoms with van der Waals surface area (Å²) in [6.07, 6.45) is 3.74. The van der Waals surface area contributed by atoms with Crippen LogP contribution in [0, 0.1) is 13.8 Å². The minimum Gasteiger partial charge on any atom is -0.378 e. The van der Waals surface area contributed by atoms with Crippen LogP contribution in [0.2, 0.25) is 0 Å². The third kappa shape index (κ3) is 2.78. The van der Waals surface area contributed by atoms with Gasteiger partial charge in [0.25, 0.3) is 0 Å². The van der Waals surface area contributed by atoms with Crippen LogP contribution in [0.1, 0.15) is 41.0 Å². The van der Waals surface area contributed by atoms with Gasteiger partial charge in [-0.25, -0.2) is 0 Å². The van der Waals surface area contributed by atoms with Crippen molar-refractivity contribution >= 4 is 17.4 Å². The zero-order chi connectivity index (χ0) is 13.1. The number of ketones is 1. The Balaban J connectivity index is 2.07. The minimum atomic E-state index is 0.00753. The van der Waals surface area contributed by atoms with Crippen molar-refractivity contribution in [1.29, 1.82) is 0 Å². The van der Waals surface area contributed by atoms with Crippen molar-refractivity contribution in [3.63, 3.8) is 0 Å². The molecule has 0 radical (unpaired) electrons. The number of hydrogen-bond acceptors (Lipinski definition) is 2. The second-order valence-electron chi connectivity index (χ2n) is 4.92. The van der Waals surface area contributed by atoms with Crippen LogP contribution >= 0.6 is 11.6 Å². The third-order valence-electron chi connectivity index (χ3n) is 3.69. The Bertz CT molecular complexity index is 433. The molecule has 1 saturated heterocycles. The number of hydrogen-bond donors (Lipinski definition) is 0. The molecule has 0 spiro atoms. The van der Waals surface area contributed by atoms with Gasteiger partial charge in [-0.1, -0.05) is 0 Å². The molecule has 0 N–H and O–H groups in total. The van der Waals surface area contributed by atoms with Crippen LogP contribution in [-0.4, -0.2) is 28.9 Å². The first-order chi connectivity index (χ1) is 8.63. The molecule has 1 aliphatic heterocycles. The number of carbonyl (C=O) groups excluding carboxylic acids is 1. The average molecular weight is 270 g/mol. The van der Waals surface area contributed by atoms with Crippen LogP contribution < -0.4 is 0 Å². The first-order valence-corrected chi connectivity index (χ1v) is 7.04. The van der Waals surface area contributed by atoms with E-state index in [2.05, 4.69) is 4.57 Å². The zero-order valence-electron chi connectivity index (χ0n) is 11.0. The summed E-state index contributed by atoms with van der Waals surface area (Å²) in [4.78, 5) is 11.7. The number of Topliss-reactive ketones (excluding diaryl/α,β-unsaturated/α-hetero) is 1. The Morgan fingerprint density at radius 2 is 2.33 bits per heavy atom. The molecule has 0 aliphatic carbocycles. The molecule has 1 unspecified atom stereocenters. The maximum Gasteiger partial charge on any atom is 0.179 e. The van der Waals surface area contributed by atoms with Crippen LogP contribution in [-0.2, 0) is 11.3 Å². The monoisotopic (exact) mass is 269 g/mol. The van der Waals surface area contributed by atoms with Crippen molar-refractivity contribution in [2.24, 2.45) is 0 Å². The standard InChI is InChI=1S/C14H20ClNO2/c1-10-8-13(14(17)9-15)11(2)16(10)6-5-12-4-3-7-18-12/h8,12H,3-7,9H2,1-2H3. The molecule has 2 heterocycles. The normalized spacial score (nSPS) is 19.4. The fourth-order valence-corrected chi connectivity index (χ4v) is 2.79. The molecular formula is C14H20ClNO2. The molecule has 3 nitrogen and oxygen atoms in total. The third-order valence-corrected chi connectivity index (χ3v) is 3.94. The Hall–Kier alpha value is -0.800. The Labute approximate surface area is 113 Å². The first kappa shape index (κ1) is 13.6. The van der Waals surface area contributed by atoms with Crippen LogP contribution in [0.15, 0.2) is 6.07 Å². The molecule has 0 amide bonds. The molecule has 1 atom stereocenters. The van der Waals surface area contributed by atoms with E-state index in [9.17, 15) is 4.79 Å². The van der Waals surface area contributed by atoms with Gasteiger partial charge in [-0.05, 0) is 39.2 Å². The number of rotatable bonds is 5. The summed E-state index contributed by atoms with van der Waals surface area (Å²) in [5.74, 6) is 0.0591. The molecule has 0 aromatic carbocycles. The summed E-state index contributed by atoms with van der Waals surface area (Å²) in [5.41, 5.74) is 2.91. The van der Waals surface area contributed by atoms with Crippen molar-refractivity contribution in [2.45, 2.75) is 45.8 Å². The van der Waals surface area contributed by atoms with Crippen LogP contribution in [0.4, 0.5) is 0 Å². The average Bonchev–Trinajstić information content (AvgIpc) is 2.96. The second kappa shape index (κ2) is 5.89. The summed E-state index contributed by atoms with van der Waals surface area (Å²) in [7, 11) is 0. The fraction of sp³-hybridized carbons (Fsp3) is 0.643. The number of aryl methyl sites for hydroxylation is 1. The molecule has 0 saturated carbocycles. The van der Waals surface area contributed by atoms with Crippen molar-refractivity contribution in [3.8, 4) is 0 Å². The number of halogens is 1. The fourth-order valence-electron chi connectivity index (χ4n) is 2.64. The van der Waals surface area contributed by atoms with Gasteiger partial charge in [0.15, 0.2) is 5.78 Å². The van der Waals surface area contributed by atoms with Crippen LogP contribution in [0.3, 0.4) is 0 Å². The van der Waals surface area contributed by atoms with E-state index in [1.165, 1.54) is 6.42 Å². The molecule has 1 aliphatic rings. The summed E-state index contributed by atoms with van der Waals surface area (Å²) in [5, 5.41) is 0. The Kier molecular flexibility index (Phi) is 4.46. The highest BCUT2D eigenvalue weighted by Crippen LogP contribution is 2.20. The predicted molar refractivity (Wildman–Crippen MR) is 72.5 cm³/mol. The maximum atomic E-state index is 11.7. The van der Waals surface area contributed by atoms with Crippen molar-refractivity contribution < 1.29 is 9.53 Å². The van der Waals surface area contributed by atoms with E-state index in [1.807, 2.05) is 19.9 Å². The van der Waals surface area contributed by atoms with Gasteiger partial charge in [-0.2, -0.15) is 0 Å². The molecule has 18 heavy (non-hydrogen) atoms. The summed E-state index contributed by atoms with van der Waals surface area (Å²) < 4.78 is 7.82. The van der Waals surface area contributed by atoms with Gasteiger partial charge >= 0.3 is 0 Å². The quantitative estimate of drug-likeness (QED) is 0.608. The smallest absolute Gasteiger partial charge is 0.179 e. The highest BCUT2D eigenvalue weighted by atomic mass is 35.5. The van der Waals surface area contributed by atoms with E-state index in [0.29, 0.717) is 6.10 Å². The van der Waals surface area contributed by atoms with Gasteiger partial charge in [-0.3, -0.25) is 4.79 Å². The van der Waals surface area contributed by atoms with Crippen LogP contribution in [0.25, 0.3) is 0 Å². The van der Waals surface area contributed by atoms with Gasteiger partial charge in [0.1, 0.15) is 0 Å². The van der Waals surface area contributed by atoms with Gasteiger partial charge in [0.2, 0.25) is 0 Å². The van der Waals surface area contributed by atoms with Gasteiger partial charge < -0.3 is 9.30 Å². The lowest BCUT2D eigenvalue weighted by atomic mass is 10.1. The lowest BCUT2D eigenvalue weighted by molar-refractivity contribution is 0.100. The molecule has 4 heteroatoms. The molecule has 1 fully saturated rings. The van der Waals surface area contributed by atoms with E-state index < -0.39 is 0 Å². The summed E-state index contributed by atoms with van der Waals surface area (Å²) in [6.45, 7) is 5.83.